The molecule has 2 aliphatic heterocycles. The summed E-state index contributed by atoms with van der Waals surface area (Å²) in [5.41, 5.74) is 1.34. The number of benzene rings is 2. The molecule has 30 heavy (non-hydrogen) atoms. The van der Waals surface area contributed by atoms with Crippen LogP contribution in [0.4, 0.5) is 0 Å². The number of hydrogen-bond donors (Lipinski definition) is 1. The molecular weight excluding hydrogens is 446 g/mol. The van der Waals surface area contributed by atoms with Crippen LogP contribution >= 0.6 is 11.6 Å². The molecule has 1 N–H and O–H groups in total. The summed E-state index contributed by atoms with van der Waals surface area (Å²) in [6.45, 7) is 1.66. The maximum atomic E-state index is 13.8. The molecule has 2 aliphatic rings. The van der Waals surface area contributed by atoms with E-state index in [4.69, 9.17) is 16.3 Å². The Kier molecular flexibility index (Phi) is 5.34. The Balaban J connectivity index is 2.07. The van der Waals surface area contributed by atoms with Gasteiger partial charge in [0.1, 0.15) is 0 Å². The van der Waals surface area contributed by atoms with E-state index in [2.05, 4.69) is 5.32 Å². The summed E-state index contributed by atoms with van der Waals surface area (Å²) in [5, 5.41) is 3.33. The van der Waals surface area contributed by atoms with Crippen LogP contribution in [0.3, 0.4) is 0 Å². The highest BCUT2D eigenvalue weighted by molar-refractivity contribution is 7.96. The molecule has 0 aliphatic carbocycles. The van der Waals surface area contributed by atoms with E-state index in [-0.39, 0.29) is 26.0 Å². The predicted octanol–water partition coefficient (Wildman–Crippen LogP) is 3.28. The highest BCUT2D eigenvalue weighted by Crippen LogP contribution is 2.47. The van der Waals surface area contributed by atoms with E-state index in [1.54, 1.807) is 49.4 Å². The number of ether oxygens (including phenoxy) is 1. The molecule has 0 fully saturated rings. The molecule has 0 saturated carbocycles. The first-order valence-corrected chi connectivity index (χ1v) is 12.2. The maximum absolute atomic E-state index is 13.8. The van der Waals surface area contributed by atoms with Crippen molar-refractivity contribution < 1.29 is 22.2 Å². The van der Waals surface area contributed by atoms with Gasteiger partial charge in [0, 0.05) is 16.4 Å². The summed E-state index contributed by atoms with van der Waals surface area (Å²) in [6.07, 6.45) is 0. The predicted molar refractivity (Wildman–Crippen MR) is 114 cm³/mol. The van der Waals surface area contributed by atoms with E-state index in [0.29, 0.717) is 22.0 Å². The zero-order chi connectivity index (χ0) is 21.6. The first-order valence-electron chi connectivity index (χ1n) is 9.03. The van der Waals surface area contributed by atoms with Crippen molar-refractivity contribution >= 4 is 38.2 Å². The monoisotopic (exact) mass is 463 g/mol. The lowest BCUT2D eigenvalue weighted by molar-refractivity contribution is -0.136. The molecule has 0 spiro atoms. The van der Waals surface area contributed by atoms with E-state index in [1.165, 1.54) is 13.2 Å². The van der Waals surface area contributed by atoms with Crippen molar-refractivity contribution in [2.45, 2.75) is 22.6 Å². The summed E-state index contributed by atoms with van der Waals surface area (Å²) in [4.78, 5) is 12.9. The third-order valence-corrected chi connectivity index (χ3v) is 9.03. The van der Waals surface area contributed by atoms with E-state index in [9.17, 15) is 17.4 Å². The Morgan fingerprint density at radius 2 is 1.83 bits per heavy atom. The Labute approximate surface area is 182 Å². The summed E-state index contributed by atoms with van der Waals surface area (Å²) in [7, 11) is -4.45. The topological polar surface area (TPSA) is 89.5 Å². The number of esters is 1. The van der Waals surface area contributed by atoms with Gasteiger partial charge in [-0.15, -0.1) is 0 Å². The number of nitrogens with one attached hydrogen (secondary N) is 1. The fraction of sp³-hybridized carbons (Fsp3) is 0.190. The van der Waals surface area contributed by atoms with Crippen LogP contribution in [-0.4, -0.2) is 31.5 Å². The van der Waals surface area contributed by atoms with Gasteiger partial charge in [-0.3, -0.25) is 4.21 Å². The molecular formula is C21H18ClNO5S2. The third kappa shape index (κ3) is 3.19. The lowest BCUT2D eigenvalue weighted by atomic mass is 9.86. The van der Waals surface area contributed by atoms with Gasteiger partial charge in [-0.05, 0) is 30.7 Å². The number of carbonyl (C=O) groups is 1. The SMILES string of the molecule is COC(=O)C1=C(C)NC2=C(C1c1ccccc1Cl)S(=O)(=O)c1ccccc1S(=O)C2. The maximum Gasteiger partial charge on any atom is 0.336 e. The zero-order valence-electron chi connectivity index (χ0n) is 16.1. The van der Waals surface area contributed by atoms with Gasteiger partial charge in [0.2, 0.25) is 9.84 Å². The number of carbonyl (C=O) groups excluding carboxylic acids is 1. The third-order valence-electron chi connectivity index (χ3n) is 5.16. The molecule has 0 radical (unpaired) electrons. The van der Waals surface area contributed by atoms with Gasteiger partial charge in [0.25, 0.3) is 0 Å². The van der Waals surface area contributed by atoms with Crippen LogP contribution in [0.15, 0.2) is 80.2 Å². The van der Waals surface area contributed by atoms with Gasteiger partial charge in [0.05, 0.1) is 49.8 Å². The quantitative estimate of drug-likeness (QED) is 0.687. The van der Waals surface area contributed by atoms with Crippen LogP contribution in [0, 0.1) is 0 Å². The second kappa shape index (κ2) is 7.68. The number of sulfone groups is 1. The zero-order valence-corrected chi connectivity index (χ0v) is 18.5. The standard InChI is InChI=1S/C21H18ClNO5S2/c1-12-18(21(24)28-2)19(13-7-3-4-8-14(13)22)20-15(23-12)11-29(25)16-9-5-6-10-17(16)30(20,26)27/h3-10,19,23H,11H2,1-2H3. The van der Waals surface area contributed by atoms with Gasteiger partial charge in [-0.1, -0.05) is 41.9 Å². The van der Waals surface area contributed by atoms with Crippen molar-refractivity contribution in [3.05, 3.63) is 81.0 Å². The van der Waals surface area contributed by atoms with Crippen molar-refractivity contribution in [2.24, 2.45) is 0 Å². The normalized spacial score (nSPS) is 22.5. The van der Waals surface area contributed by atoms with E-state index in [1.807, 2.05) is 0 Å². The van der Waals surface area contributed by atoms with Gasteiger partial charge in [-0.25, -0.2) is 13.2 Å². The van der Waals surface area contributed by atoms with Crippen LogP contribution in [0.2, 0.25) is 5.02 Å². The Morgan fingerprint density at radius 3 is 2.53 bits per heavy atom. The average molecular weight is 464 g/mol. The lowest BCUT2D eigenvalue weighted by Gasteiger charge is -2.31. The van der Waals surface area contributed by atoms with Crippen LogP contribution in [-0.2, 0) is 30.2 Å². The van der Waals surface area contributed by atoms with Crippen molar-refractivity contribution in [1.29, 1.82) is 0 Å². The molecule has 2 aromatic carbocycles. The van der Waals surface area contributed by atoms with Gasteiger partial charge in [0.15, 0.2) is 0 Å². The molecule has 0 bridgehead atoms. The molecule has 0 amide bonds. The highest BCUT2D eigenvalue weighted by atomic mass is 35.5. The number of methoxy groups -OCH3 is 1. The molecule has 0 aromatic heterocycles. The van der Waals surface area contributed by atoms with Crippen molar-refractivity contribution in [1.82, 2.24) is 5.32 Å². The van der Waals surface area contributed by atoms with E-state index >= 15 is 0 Å². The van der Waals surface area contributed by atoms with Crippen LogP contribution in [0.1, 0.15) is 18.4 Å². The number of fused-ring (bicyclic) bond motifs is 1. The molecule has 2 heterocycles. The van der Waals surface area contributed by atoms with Crippen LogP contribution < -0.4 is 5.32 Å². The Bertz CT molecular complexity index is 1260. The van der Waals surface area contributed by atoms with Gasteiger partial charge >= 0.3 is 5.97 Å². The summed E-state index contributed by atoms with van der Waals surface area (Å²) >= 11 is 6.44. The van der Waals surface area contributed by atoms with E-state index in [0.717, 1.165) is 0 Å². The fourth-order valence-corrected chi connectivity index (χ4v) is 7.82. The summed E-state index contributed by atoms with van der Waals surface area (Å²) in [5.74, 6) is -1.68. The smallest absolute Gasteiger partial charge is 0.336 e. The largest absolute Gasteiger partial charge is 0.466 e. The molecule has 156 valence electrons. The molecule has 4 rings (SSSR count). The van der Waals surface area contributed by atoms with E-state index < -0.39 is 32.5 Å². The Hall–Kier alpha value is -2.42. The van der Waals surface area contributed by atoms with Crippen molar-refractivity contribution in [3.63, 3.8) is 0 Å². The van der Waals surface area contributed by atoms with Gasteiger partial charge in [-0.2, -0.15) is 0 Å². The minimum absolute atomic E-state index is 0.0279. The van der Waals surface area contributed by atoms with Crippen LogP contribution in [0.25, 0.3) is 0 Å². The summed E-state index contributed by atoms with van der Waals surface area (Å²) < 4.78 is 45.6. The number of allylic oxidation sites excluding steroid dienone is 2. The fourth-order valence-electron chi connectivity index (χ4n) is 3.88. The molecule has 9 heteroatoms. The van der Waals surface area contributed by atoms with Gasteiger partial charge < -0.3 is 10.1 Å². The second-order valence-electron chi connectivity index (χ2n) is 6.89. The lowest BCUT2D eigenvalue weighted by Crippen LogP contribution is -2.33. The number of hydrogen-bond acceptors (Lipinski definition) is 6. The molecule has 2 unspecified atom stereocenters. The minimum atomic E-state index is -4.10. The average Bonchev–Trinajstić information content (AvgIpc) is 2.80. The second-order valence-corrected chi connectivity index (χ2v) is 10.6. The summed E-state index contributed by atoms with van der Waals surface area (Å²) in [6, 6.07) is 13.0. The highest BCUT2D eigenvalue weighted by Gasteiger charge is 2.44. The molecule has 2 atom stereocenters. The first kappa shape index (κ1) is 20.8. The molecule has 0 saturated heterocycles. The van der Waals surface area contributed by atoms with Crippen LogP contribution in [0.5, 0.6) is 0 Å². The van der Waals surface area contributed by atoms with Crippen molar-refractivity contribution in [2.75, 3.05) is 12.9 Å². The molecule has 2 aromatic rings. The number of halogens is 1. The first-order chi connectivity index (χ1) is 14.3. The molecule has 6 nitrogen and oxygen atoms in total. The van der Waals surface area contributed by atoms with Crippen molar-refractivity contribution in [3.8, 4) is 0 Å². The number of rotatable bonds is 2. The number of dihydropyridines is 1. The minimum Gasteiger partial charge on any atom is -0.466 e. The Morgan fingerprint density at radius 1 is 1.17 bits per heavy atom.